The summed E-state index contributed by atoms with van der Waals surface area (Å²) in [6.07, 6.45) is -0.836. The van der Waals surface area contributed by atoms with Gasteiger partial charge < -0.3 is 20.1 Å². The van der Waals surface area contributed by atoms with Crippen molar-refractivity contribution in [2.45, 2.75) is 38.0 Å². The van der Waals surface area contributed by atoms with Crippen LogP contribution in [0, 0.1) is 0 Å². The minimum atomic E-state index is -4.64. The zero-order chi connectivity index (χ0) is 29.1. The van der Waals surface area contributed by atoms with E-state index in [9.17, 15) is 22.8 Å². The normalized spacial score (nSPS) is 13.3. The Morgan fingerprint density at radius 3 is 2.44 bits per heavy atom. The van der Waals surface area contributed by atoms with Crippen LogP contribution in [0.5, 0.6) is 0 Å². The fourth-order valence-electron chi connectivity index (χ4n) is 4.77. The van der Waals surface area contributed by atoms with E-state index < -0.39 is 17.8 Å². The molecular weight excluding hydrogens is 576 g/mol. The summed E-state index contributed by atoms with van der Waals surface area (Å²) in [5.41, 5.74) is 1.48. The first-order valence-corrected chi connectivity index (χ1v) is 13.9. The van der Waals surface area contributed by atoms with Crippen LogP contribution < -0.4 is 5.32 Å². The number of amides is 3. The third-order valence-corrected chi connectivity index (χ3v) is 7.80. The molecular formula is C30H27Cl2F3N4O2. The monoisotopic (exact) mass is 602 g/mol. The molecule has 0 unspecified atom stereocenters. The van der Waals surface area contributed by atoms with Crippen molar-refractivity contribution in [2.24, 2.45) is 0 Å². The van der Waals surface area contributed by atoms with Gasteiger partial charge in [0.25, 0.3) is 0 Å². The highest BCUT2D eigenvalue weighted by atomic mass is 35.5. The Morgan fingerprint density at radius 1 is 0.976 bits per heavy atom. The number of nitrogens with zero attached hydrogens (tertiary/aromatic N) is 2. The smallest absolute Gasteiger partial charge is 0.361 e. The van der Waals surface area contributed by atoms with Crippen molar-refractivity contribution >= 4 is 51.7 Å². The van der Waals surface area contributed by atoms with E-state index in [1.807, 2.05) is 30.5 Å². The molecule has 5 rings (SSSR count). The van der Waals surface area contributed by atoms with Crippen LogP contribution in [0.15, 0.2) is 72.9 Å². The Morgan fingerprint density at radius 2 is 1.71 bits per heavy atom. The maximum Gasteiger partial charge on any atom is 0.418 e. The van der Waals surface area contributed by atoms with E-state index in [4.69, 9.17) is 23.2 Å². The van der Waals surface area contributed by atoms with Crippen molar-refractivity contribution in [3.8, 4) is 0 Å². The Kier molecular flexibility index (Phi) is 8.47. The van der Waals surface area contributed by atoms with Gasteiger partial charge in [-0.25, -0.2) is 4.79 Å². The van der Waals surface area contributed by atoms with Crippen LogP contribution in [0.2, 0.25) is 10.0 Å². The number of carbonyl (C=O) groups excluding carboxylic acids is 2. The number of urea groups is 1. The fourth-order valence-corrected chi connectivity index (χ4v) is 5.09. The maximum absolute atomic E-state index is 13.7. The molecule has 1 aliphatic rings. The summed E-state index contributed by atoms with van der Waals surface area (Å²) in [5.74, 6) is -0.331. The second-order valence-electron chi connectivity index (χ2n) is 10.0. The molecule has 1 heterocycles. The molecule has 11 heteroatoms. The van der Waals surface area contributed by atoms with Gasteiger partial charge in [0.1, 0.15) is 6.54 Å². The Balaban J connectivity index is 1.35. The van der Waals surface area contributed by atoms with E-state index in [1.54, 1.807) is 23.1 Å². The summed E-state index contributed by atoms with van der Waals surface area (Å²) in [6.45, 7) is 0.285. The van der Waals surface area contributed by atoms with Gasteiger partial charge in [-0.05, 0) is 60.7 Å². The number of aromatic nitrogens is 1. The van der Waals surface area contributed by atoms with Gasteiger partial charge >= 0.3 is 12.2 Å². The zero-order valence-electron chi connectivity index (χ0n) is 21.8. The van der Waals surface area contributed by atoms with Crippen molar-refractivity contribution in [2.75, 3.05) is 18.4 Å². The van der Waals surface area contributed by atoms with Gasteiger partial charge in [0.15, 0.2) is 0 Å². The Hall–Kier alpha value is -3.69. The largest absolute Gasteiger partial charge is 0.418 e. The second-order valence-corrected chi connectivity index (χ2v) is 10.8. The van der Waals surface area contributed by atoms with E-state index in [0.29, 0.717) is 35.9 Å². The first-order chi connectivity index (χ1) is 19.6. The van der Waals surface area contributed by atoms with E-state index in [2.05, 4.69) is 10.3 Å². The predicted octanol–water partition coefficient (Wildman–Crippen LogP) is 7.76. The molecule has 0 bridgehead atoms. The number of H-pyrrole nitrogens is 1. The highest BCUT2D eigenvalue weighted by Gasteiger charge is 2.37. The van der Waals surface area contributed by atoms with Gasteiger partial charge in [0, 0.05) is 36.2 Å². The summed E-state index contributed by atoms with van der Waals surface area (Å²) in [5, 5.41) is 4.18. The number of nitrogens with one attached hydrogen (secondary N) is 2. The van der Waals surface area contributed by atoms with Gasteiger partial charge in [0.05, 0.1) is 21.3 Å². The standard InChI is InChI=1S/C30H27Cl2F3N4O2/c31-24-12-9-19(15-25(24)32)17-38(14-13-20-16-36-26-7-3-1-5-22(20)26)28(40)18-39(21-10-11-21)29(41)37-27-8-4-2-6-23(27)30(33,34)35/h1-9,12,15-16,21,36H,10-11,13-14,17-18H2,(H,37,41). The van der Waals surface area contributed by atoms with Gasteiger partial charge in [0.2, 0.25) is 5.91 Å². The number of anilines is 1. The van der Waals surface area contributed by atoms with Crippen molar-refractivity contribution in [3.63, 3.8) is 0 Å². The lowest BCUT2D eigenvalue weighted by Crippen LogP contribution is -2.46. The molecule has 6 nitrogen and oxygen atoms in total. The first kappa shape index (κ1) is 28.8. The number of halogens is 5. The summed E-state index contributed by atoms with van der Waals surface area (Å²) in [7, 11) is 0. The van der Waals surface area contributed by atoms with Crippen LogP contribution in [0.1, 0.15) is 29.5 Å². The number of aromatic amines is 1. The SMILES string of the molecule is O=C(CN(C(=O)Nc1ccccc1C(F)(F)F)C1CC1)N(CCc1c[nH]c2ccccc12)Cc1ccc(Cl)c(Cl)c1. The van der Waals surface area contributed by atoms with Crippen LogP contribution in [0.4, 0.5) is 23.7 Å². The highest BCUT2D eigenvalue weighted by Crippen LogP contribution is 2.35. The van der Waals surface area contributed by atoms with Crippen LogP contribution in [0.25, 0.3) is 10.9 Å². The van der Waals surface area contributed by atoms with Crippen molar-refractivity contribution < 1.29 is 22.8 Å². The molecule has 1 fully saturated rings. The topological polar surface area (TPSA) is 68.4 Å². The summed E-state index contributed by atoms with van der Waals surface area (Å²) in [4.78, 5) is 33.1. The quantitative estimate of drug-likeness (QED) is 0.205. The number of para-hydroxylation sites is 2. The summed E-state index contributed by atoms with van der Waals surface area (Å²) in [6, 6.07) is 16.8. The molecule has 0 atom stereocenters. The van der Waals surface area contributed by atoms with Crippen LogP contribution >= 0.6 is 23.2 Å². The predicted molar refractivity (Wildman–Crippen MR) is 154 cm³/mol. The minimum absolute atomic E-state index is 0.217. The minimum Gasteiger partial charge on any atom is -0.361 e. The lowest BCUT2D eigenvalue weighted by molar-refractivity contribution is -0.137. The summed E-state index contributed by atoms with van der Waals surface area (Å²) < 4.78 is 40.5. The van der Waals surface area contributed by atoms with Crippen LogP contribution in [0.3, 0.4) is 0 Å². The molecule has 0 saturated heterocycles. The van der Waals surface area contributed by atoms with E-state index >= 15 is 0 Å². The zero-order valence-corrected chi connectivity index (χ0v) is 23.4. The number of hydrogen-bond donors (Lipinski definition) is 2. The second kappa shape index (κ2) is 12.0. The third kappa shape index (κ3) is 6.97. The number of hydrogen-bond acceptors (Lipinski definition) is 2. The average molecular weight is 603 g/mol. The van der Waals surface area contributed by atoms with Crippen molar-refractivity contribution in [3.05, 3.63) is 99.7 Å². The number of benzene rings is 3. The molecule has 1 saturated carbocycles. The molecule has 1 aromatic heterocycles. The molecule has 0 aliphatic heterocycles. The number of fused-ring (bicyclic) bond motifs is 1. The van der Waals surface area contributed by atoms with Crippen molar-refractivity contribution in [1.29, 1.82) is 0 Å². The fraction of sp³-hybridized carbons (Fsp3) is 0.267. The molecule has 1 aliphatic carbocycles. The Bertz CT molecular complexity index is 1570. The van der Waals surface area contributed by atoms with Crippen LogP contribution in [-0.2, 0) is 23.9 Å². The van der Waals surface area contributed by atoms with E-state index in [0.717, 1.165) is 28.1 Å². The maximum atomic E-state index is 13.7. The molecule has 0 spiro atoms. The lowest BCUT2D eigenvalue weighted by atomic mass is 10.1. The number of alkyl halides is 3. The molecule has 41 heavy (non-hydrogen) atoms. The molecule has 3 aromatic carbocycles. The van der Waals surface area contributed by atoms with E-state index in [1.165, 1.54) is 23.1 Å². The van der Waals surface area contributed by atoms with Gasteiger partial charge in [-0.3, -0.25) is 4.79 Å². The molecule has 214 valence electrons. The molecule has 0 radical (unpaired) electrons. The lowest BCUT2D eigenvalue weighted by Gasteiger charge is -2.28. The molecule has 2 N–H and O–H groups in total. The third-order valence-electron chi connectivity index (χ3n) is 7.06. The van der Waals surface area contributed by atoms with Gasteiger partial charge in [-0.15, -0.1) is 0 Å². The molecule has 3 amide bonds. The average Bonchev–Trinajstić information content (AvgIpc) is 3.70. The van der Waals surface area contributed by atoms with Crippen molar-refractivity contribution in [1.82, 2.24) is 14.8 Å². The first-order valence-electron chi connectivity index (χ1n) is 13.1. The Labute approximate surface area is 245 Å². The van der Waals surface area contributed by atoms with E-state index in [-0.39, 0.29) is 30.7 Å². The van der Waals surface area contributed by atoms with Gasteiger partial charge in [-0.2, -0.15) is 13.2 Å². The van der Waals surface area contributed by atoms with Crippen LogP contribution in [-0.4, -0.2) is 45.9 Å². The van der Waals surface area contributed by atoms with Gasteiger partial charge in [-0.1, -0.05) is 59.6 Å². The number of carbonyl (C=O) groups is 2. The highest BCUT2D eigenvalue weighted by molar-refractivity contribution is 6.42. The number of rotatable bonds is 9. The molecule has 4 aromatic rings. The summed E-state index contributed by atoms with van der Waals surface area (Å²) >= 11 is 12.3.